The average molecular weight is 375 g/mol. The molecule has 1 unspecified atom stereocenters. The Morgan fingerprint density at radius 3 is 3.11 bits per heavy atom. The zero-order valence-corrected chi connectivity index (χ0v) is 13.6. The summed E-state index contributed by atoms with van der Waals surface area (Å²) in [5, 5.41) is 7.22. The highest BCUT2D eigenvalue weighted by Crippen LogP contribution is 2.44. The van der Waals surface area contributed by atoms with Gasteiger partial charge in [0.05, 0.1) is 5.69 Å². The molecule has 2 N–H and O–H groups in total. The molecule has 5 heteroatoms. The molecular weight excluding hydrogens is 357 g/mol. The van der Waals surface area contributed by atoms with Gasteiger partial charge in [0.25, 0.3) is 0 Å². The van der Waals surface area contributed by atoms with Gasteiger partial charge in [0, 0.05) is 12.5 Å². The summed E-state index contributed by atoms with van der Waals surface area (Å²) < 4.78 is 0. The van der Waals surface area contributed by atoms with Crippen LogP contribution >= 0.6 is 35.7 Å². The van der Waals surface area contributed by atoms with Crippen LogP contribution in [0.4, 0.5) is 5.69 Å². The smallest absolute Gasteiger partial charge is 0.178 e. The SMILES string of the molecule is CSC(N)=NN1CC2CCCc3cccc1c32.I. The number of halogens is 1. The fourth-order valence-electron chi connectivity index (χ4n) is 2.94. The summed E-state index contributed by atoms with van der Waals surface area (Å²) in [6.07, 6.45) is 5.77. The second-order valence-corrected chi connectivity index (χ2v) is 5.49. The van der Waals surface area contributed by atoms with Gasteiger partial charge in [-0.1, -0.05) is 23.9 Å². The number of nitrogens with zero attached hydrogens (tertiary/aromatic N) is 2. The number of hydrogen-bond acceptors (Lipinski definition) is 3. The van der Waals surface area contributed by atoms with Crippen molar-refractivity contribution in [3.8, 4) is 0 Å². The molecule has 18 heavy (non-hydrogen) atoms. The van der Waals surface area contributed by atoms with Gasteiger partial charge in [0.1, 0.15) is 0 Å². The quantitative estimate of drug-likeness (QED) is 0.466. The number of hydrazone groups is 1. The molecule has 1 aromatic carbocycles. The van der Waals surface area contributed by atoms with E-state index in [4.69, 9.17) is 5.73 Å². The minimum atomic E-state index is 0. The van der Waals surface area contributed by atoms with Crippen molar-refractivity contribution in [3.05, 3.63) is 29.3 Å². The van der Waals surface area contributed by atoms with Gasteiger partial charge in [0.2, 0.25) is 0 Å². The zero-order chi connectivity index (χ0) is 11.8. The standard InChI is InChI=1S/C13H17N3S.HI/c1-17-13(14)15-16-8-10-6-2-4-9-5-3-7-11(16)12(9)10;/h3,5,7,10H,2,4,6,8H2,1H3,(H2,14,15);1H. The van der Waals surface area contributed by atoms with E-state index in [-0.39, 0.29) is 24.0 Å². The minimum absolute atomic E-state index is 0. The van der Waals surface area contributed by atoms with E-state index in [9.17, 15) is 0 Å². The van der Waals surface area contributed by atoms with E-state index < -0.39 is 0 Å². The Bertz CT molecular complexity index is 475. The molecule has 0 spiro atoms. The molecule has 0 bridgehead atoms. The lowest BCUT2D eigenvalue weighted by Crippen LogP contribution is -2.20. The number of hydrogen-bond donors (Lipinski definition) is 1. The van der Waals surface area contributed by atoms with Gasteiger partial charge in [-0.25, -0.2) is 0 Å². The highest BCUT2D eigenvalue weighted by molar-refractivity contribution is 14.0. The molecule has 1 heterocycles. The number of amidine groups is 1. The first-order chi connectivity index (χ1) is 8.29. The largest absolute Gasteiger partial charge is 0.377 e. The van der Waals surface area contributed by atoms with E-state index in [0.717, 1.165) is 6.54 Å². The van der Waals surface area contributed by atoms with Gasteiger partial charge >= 0.3 is 0 Å². The Hall–Kier alpha value is -0.430. The molecule has 1 aromatic rings. The van der Waals surface area contributed by atoms with Gasteiger partial charge in [-0.3, -0.25) is 5.01 Å². The number of aryl methyl sites for hydroxylation is 1. The van der Waals surface area contributed by atoms with Crippen LogP contribution in [0.25, 0.3) is 0 Å². The molecule has 0 aromatic heterocycles. The number of thioether (sulfide) groups is 1. The lowest BCUT2D eigenvalue weighted by molar-refractivity contribution is 0.576. The summed E-state index contributed by atoms with van der Waals surface area (Å²) in [5.74, 6) is 0.661. The Kier molecular flexibility index (Phi) is 4.42. The number of benzene rings is 1. The normalized spacial score (nSPS) is 21.5. The van der Waals surface area contributed by atoms with Crippen molar-refractivity contribution < 1.29 is 0 Å². The molecule has 3 rings (SSSR count). The first kappa shape index (κ1) is 14.0. The monoisotopic (exact) mass is 375 g/mol. The Morgan fingerprint density at radius 1 is 1.50 bits per heavy atom. The topological polar surface area (TPSA) is 41.6 Å². The first-order valence-electron chi connectivity index (χ1n) is 6.07. The fourth-order valence-corrected chi connectivity index (χ4v) is 3.12. The molecule has 0 saturated heterocycles. The maximum atomic E-state index is 5.82. The summed E-state index contributed by atoms with van der Waals surface area (Å²) in [4.78, 5) is 0. The fraction of sp³-hybridized carbons (Fsp3) is 0.462. The van der Waals surface area contributed by atoms with Crippen molar-refractivity contribution in [2.24, 2.45) is 10.8 Å². The van der Waals surface area contributed by atoms with E-state index in [1.807, 2.05) is 6.26 Å². The number of rotatable bonds is 1. The van der Waals surface area contributed by atoms with Crippen molar-refractivity contribution in [2.75, 3.05) is 17.8 Å². The molecule has 0 fully saturated rings. The van der Waals surface area contributed by atoms with Crippen LogP contribution < -0.4 is 10.7 Å². The molecule has 0 radical (unpaired) electrons. The van der Waals surface area contributed by atoms with Crippen LogP contribution in [-0.4, -0.2) is 18.0 Å². The average Bonchev–Trinajstić information content (AvgIpc) is 2.70. The molecule has 0 amide bonds. The summed E-state index contributed by atoms with van der Waals surface area (Å²) >= 11 is 1.50. The second-order valence-electron chi connectivity index (χ2n) is 4.66. The highest BCUT2D eigenvalue weighted by Gasteiger charge is 2.32. The van der Waals surface area contributed by atoms with Crippen molar-refractivity contribution in [3.63, 3.8) is 0 Å². The molecule has 0 saturated carbocycles. The summed E-state index contributed by atoms with van der Waals surface area (Å²) in [7, 11) is 0. The third kappa shape index (κ3) is 2.34. The third-order valence-corrected chi connectivity index (χ3v) is 4.18. The van der Waals surface area contributed by atoms with Gasteiger partial charge in [-0.2, -0.15) is 0 Å². The van der Waals surface area contributed by atoms with Gasteiger partial charge in [0.15, 0.2) is 5.17 Å². The molecule has 98 valence electrons. The van der Waals surface area contributed by atoms with E-state index in [1.165, 1.54) is 47.8 Å². The summed E-state index contributed by atoms with van der Waals surface area (Å²) in [6, 6.07) is 6.57. The maximum Gasteiger partial charge on any atom is 0.178 e. The summed E-state index contributed by atoms with van der Waals surface area (Å²) in [6.45, 7) is 0.994. The van der Waals surface area contributed by atoms with Crippen molar-refractivity contribution in [1.82, 2.24) is 0 Å². The lowest BCUT2D eigenvalue weighted by Gasteiger charge is -2.19. The van der Waals surface area contributed by atoms with E-state index >= 15 is 0 Å². The van der Waals surface area contributed by atoms with Crippen molar-refractivity contribution in [1.29, 1.82) is 0 Å². The molecule has 1 aliphatic carbocycles. The Balaban J connectivity index is 0.00000120. The van der Waals surface area contributed by atoms with Crippen LogP contribution in [0.2, 0.25) is 0 Å². The second kappa shape index (κ2) is 5.69. The van der Waals surface area contributed by atoms with Crippen LogP contribution in [0.1, 0.15) is 29.9 Å². The zero-order valence-electron chi connectivity index (χ0n) is 10.4. The van der Waals surface area contributed by atoms with Crippen LogP contribution in [-0.2, 0) is 6.42 Å². The predicted octanol–water partition coefficient (Wildman–Crippen LogP) is 3.14. The van der Waals surface area contributed by atoms with Gasteiger partial charge in [-0.15, -0.1) is 29.1 Å². The molecular formula is C13H18IN3S. The van der Waals surface area contributed by atoms with Crippen LogP contribution in [0.15, 0.2) is 23.3 Å². The predicted molar refractivity (Wildman–Crippen MR) is 90.0 cm³/mol. The van der Waals surface area contributed by atoms with Gasteiger partial charge < -0.3 is 5.73 Å². The van der Waals surface area contributed by atoms with E-state index in [0.29, 0.717) is 11.1 Å². The van der Waals surface area contributed by atoms with E-state index in [2.05, 4.69) is 28.3 Å². The van der Waals surface area contributed by atoms with Crippen LogP contribution in [0, 0.1) is 0 Å². The van der Waals surface area contributed by atoms with Crippen molar-refractivity contribution in [2.45, 2.75) is 25.2 Å². The Labute approximate surface area is 129 Å². The van der Waals surface area contributed by atoms with Crippen LogP contribution in [0.5, 0.6) is 0 Å². The van der Waals surface area contributed by atoms with Gasteiger partial charge in [-0.05, 0) is 42.7 Å². The first-order valence-corrected chi connectivity index (χ1v) is 7.29. The molecule has 1 aliphatic heterocycles. The number of nitrogens with two attached hydrogens (primary N) is 1. The molecule has 3 nitrogen and oxygen atoms in total. The van der Waals surface area contributed by atoms with Crippen LogP contribution in [0.3, 0.4) is 0 Å². The van der Waals surface area contributed by atoms with Crippen molar-refractivity contribution >= 4 is 46.6 Å². The number of anilines is 1. The molecule has 1 atom stereocenters. The molecule has 2 aliphatic rings. The minimum Gasteiger partial charge on any atom is -0.377 e. The maximum absolute atomic E-state index is 5.82. The van der Waals surface area contributed by atoms with E-state index in [1.54, 1.807) is 0 Å². The third-order valence-electron chi connectivity index (χ3n) is 3.68. The lowest BCUT2D eigenvalue weighted by atomic mass is 9.84. The summed E-state index contributed by atoms with van der Waals surface area (Å²) in [5.41, 5.74) is 10.1. The Morgan fingerprint density at radius 2 is 2.33 bits per heavy atom. The highest BCUT2D eigenvalue weighted by atomic mass is 127.